The third-order valence-corrected chi connectivity index (χ3v) is 5.41. The third kappa shape index (κ3) is 3.84. The number of rotatable bonds is 5. The van der Waals surface area contributed by atoms with Gasteiger partial charge in [0.25, 0.3) is 0 Å². The molecule has 0 radical (unpaired) electrons. The highest BCUT2D eigenvalue weighted by molar-refractivity contribution is 5.94. The highest BCUT2D eigenvalue weighted by Crippen LogP contribution is 2.28. The molecule has 0 saturated heterocycles. The number of nitrogens with one attached hydrogen (secondary N) is 1. The van der Waals surface area contributed by atoms with E-state index in [4.69, 9.17) is 10.2 Å². The fourth-order valence-corrected chi connectivity index (χ4v) is 3.62. The van der Waals surface area contributed by atoms with Crippen molar-refractivity contribution in [1.82, 2.24) is 9.88 Å². The Bertz CT molecular complexity index is 1160. The van der Waals surface area contributed by atoms with Crippen molar-refractivity contribution < 1.29 is 14.0 Å². The molecule has 2 aromatic heterocycles. The summed E-state index contributed by atoms with van der Waals surface area (Å²) in [7, 11) is 1.74. The number of aryl methyl sites for hydroxylation is 2. The molecule has 154 valence electrons. The van der Waals surface area contributed by atoms with Crippen LogP contribution in [0.15, 0.2) is 41.0 Å². The Morgan fingerprint density at radius 3 is 3.00 bits per heavy atom. The second-order valence-corrected chi connectivity index (χ2v) is 7.50. The molecule has 1 aromatic carbocycles. The second kappa shape index (κ2) is 8.12. The first-order valence-electron chi connectivity index (χ1n) is 9.88. The van der Waals surface area contributed by atoms with Crippen molar-refractivity contribution in [3.63, 3.8) is 0 Å². The van der Waals surface area contributed by atoms with E-state index in [9.17, 15) is 9.59 Å². The summed E-state index contributed by atoms with van der Waals surface area (Å²) in [4.78, 5) is 29.9. The molecule has 30 heavy (non-hydrogen) atoms. The van der Waals surface area contributed by atoms with Gasteiger partial charge in [-0.2, -0.15) is 0 Å². The van der Waals surface area contributed by atoms with E-state index in [1.165, 1.54) is 6.08 Å². The van der Waals surface area contributed by atoms with Gasteiger partial charge in [0, 0.05) is 48.8 Å². The quantitative estimate of drug-likeness (QED) is 0.636. The van der Waals surface area contributed by atoms with Crippen LogP contribution in [-0.4, -0.2) is 28.7 Å². The van der Waals surface area contributed by atoms with Crippen molar-refractivity contribution in [1.29, 1.82) is 0 Å². The Morgan fingerprint density at radius 2 is 2.20 bits per heavy atom. The number of furan rings is 1. The molecule has 4 rings (SSSR count). The number of nitrogens with two attached hydrogens (primary N) is 1. The zero-order valence-corrected chi connectivity index (χ0v) is 17.1. The van der Waals surface area contributed by atoms with E-state index in [1.807, 2.05) is 31.2 Å². The van der Waals surface area contributed by atoms with Crippen molar-refractivity contribution in [3.05, 3.63) is 64.6 Å². The summed E-state index contributed by atoms with van der Waals surface area (Å²) in [5, 5.41) is 3.78. The largest absolute Gasteiger partial charge is 0.459 e. The maximum absolute atomic E-state index is 12.6. The van der Waals surface area contributed by atoms with Crippen LogP contribution in [-0.2, 0) is 29.1 Å². The predicted octanol–water partition coefficient (Wildman–Crippen LogP) is 3.15. The van der Waals surface area contributed by atoms with Crippen LogP contribution in [0.3, 0.4) is 0 Å². The van der Waals surface area contributed by atoms with Crippen LogP contribution in [0.2, 0.25) is 0 Å². The van der Waals surface area contributed by atoms with E-state index in [0.717, 1.165) is 39.0 Å². The van der Waals surface area contributed by atoms with Gasteiger partial charge in [-0.1, -0.05) is 18.2 Å². The first-order chi connectivity index (χ1) is 14.5. The Hall–Kier alpha value is -3.45. The molecule has 1 aliphatic rings. The molecule has 3 N–H and O–H groups in total. The Labute approximate surface area is 174 Å². The molecule has 1 aliphatic heterocycles. The van der Waals surface area contributed by atoms with Gasteiger partial charge in [-0.05, 0) is 36.6 Å². The molecular weight excluding hydrogens is 380 g/mol. The lowest BCUT2D eigenvalue weighted by atomic mass is 10.0. The molecule has 0 aliphatic carbocycles. The van der Waals surface area contributed by atoms with E-state index in [2.05, 4.69) is 10.3 Å². The van der Waals surface area contributed by atoms with Crippen LogP contribution in [0.25, 0.3) is 17.0 Å². The maximum Gasteiger partial charge on any atom is 0.246 e. The summed E-state index contributed by atoms with van der Waals surface area (Å²) in [5.74, 6) is 1.19. The summed E-state index contributed by atoms with van der Waals surface area (Å²) in [6.45, 7) is 2.76. The van der Waals surface area contributed by atoms with Gasteiger partial charge < -0.3 is 20.4 Å². The molecule has 0 saturated carbocycles. The van der Waals surface area contributed by atoms with E-state index in [0.29, 0.717) is 31.7 Å². The smallest absolute Gasteiger partial charge is 0.246 e. The SMILES string of the molecule is Cc1c(CN(C)C(=O)/C=C/c2cnc3c(c2)CCC(=O)N3)oc2c(CN)cccc12. The van der Waals surface area contributed by atoms with Crippen LogP contribution < -0.4 is 11.1 Å². The molecule has 7 heteroatoms. The van der Waals surface area contributed by atoms with Gasteiger partial charge in [0.1, 0.15) is 17.2 Å². The first kappa shape index (κ1) is 19.8. The van der Waals surface area contributed by atoms with Crippen molar-refractivity contribution in [3.8, 4) is 0 Å². The Balaban J connectivity index is 1.47. The van der Waals surface area contributed by atoms with Crippen molar-refractivity contribution in [2.45, 2.75) is 32.9 Å². The van der Waals surface area contributed by atoms with E-state index in [1.54, 1.807) is 24.2 Å². The van der Waals surface area contributed by atoms with Gasteiger partial charge in [0.05, 0.1) is 6.54 Å². The van der Waals surface area contributed by atoms with Crippen LogP contribution in [0.4, 0.5) is 5.82 Å². The molecule has 3 aromatic rings. The summed E-state index contributed by atoms with van der Waals surface area (Å²) in [6, 6.07) is 7.87. The van der Waals surface area contributed by atoms with Crippen molar-refractivity contribution in [2.75, 3.05) is 12.4 Å². The number of hydrogen-bond acceptors (Lipinski definition) is 5. The van der Waals surface area contributed by atoms with Crippen LogP contribution in [0.5, 0.6) is 0 Å². The van der Waals surface area contributed by atoms with Crippen LogP contribution in [0, 0.1) is 6.92 Å². The lowest BCUT2D eigenvalue weighted by Crippen LogP contribution is -2.24. The van der Waals surface area contributed by atoms with Crippen molar-refractivity contribution in [2.24, 2.45) is 5.73 Å². The fraction of sp³-hybridized carbons (Fsp3) is 0.261. The molecule has 2 amide bonds. The van der Waals surface area contributed by atoms with Gasteiger partial charge in [0.15, 0.2) is 0 Å². The summed E-state index contributed by atoms with van der Waals surface area (Å²) in [6.07, 6.45) is 6.01. The fourth-order valence-electron chi connectivity index (χ4n) is 3.62. The second-order valence-electron chi connectivity index (χ2n) is 7.50. The standard InChI is InChI=1S/C23H24N4O3/c1-14-18-5-3-4-17(11-24)22(18)30-19(14)13-27(2)21(29)9-6-15-10-16-7-8-20(28)26-23(16)25-12-15/h3-6,9-10,12H,7-8,11,13,24H2,1-2H3,(H,25,26,28)/b9-6+. The first-order valence-corrected chi connectivity index (χ1v) is 9.88. The number of hydrogen-bond donors (Lipinski definition) is 2. The van der Waals surface area contributed by atoms with Gasteiger partial charge >= 0.3 is 0 Å². The average molecular weight is 404 g/mol. The maximum atomic E-state index is 12.6. The molecule has 3 heterocycles. The zero-order chi connectivity index (χ0) is 21.3. The lowest BCUT2D eigenvalue weighted by Gasteiger charge is -2.16. The number of carbonyl (C=O) groups excluding carboxylic acids is 2. The molecular formula is C23H24N4O3. The topological polar surface area (TPSA) is 101 Å². The molecule has 0 unspecified atom stereocenters. The highest BCUT2D eigenvalue weighted by Gasteiger charge is 2.17. The number of anilines is 1. The predicted molar refractivity (Wildman–Crippen MR) is 116 cm³/mol. The average Bonchev–Trinajstić information content (AvgIpc) is 3.07. The minimum Gasteiger partial charge on any atom is -0.459 e. The number of benzene rings is 1. The summed E-state index contributed by atoms with van der Waals surface area (Å²) < 4.78 is 6.03. The van der Waals surface area contributed by atoms with Gasteiger partial charge in [-0.3, -0.25) is 9.59 Å². The minimum absolute atomic E-state index is 0.0189. The van der Waals surface area contributed by atoms with Crippen LogP contribution >= 0.6 is 0 Å². The normalized spacial score (nSPS) is 13.5. The number of amides is 2. The van der Waals surface area contributed by atoms with E-state index < -0.39 is 0 Å². The Morgan fingerprint density at radius 1 is 1.37 bits per heavy atom. The zero-order valence-electron chi connectivity index (χ0n) is 17.1. The third-order valence-electron chi connectivity index (χ3n) is 5.41. The number of para-hydroxylation sites is 1. The minimum atomic E-state index is -0.139. The molecule has 0 bridgehead atoms. The van der Waals surface area contributed by atoms with Crippen LogP contribution in [0.1, 0.15) is 34.4 Å². The highest BCUT2D eigenvalue weighted by atomic mass is 16.3. The molecule has 0 fully saturated rings. The number of fused-ring (bicyclic) bond motifs is 2. The molecule has 0 spiro atoms. The van der Waals surface area contributed by atoms with Crippen molar-refractivity contribution >= 4 is 34.7 Å². The summed E-state index contributed by atoms with van der Waals surface area (Å²) >= 11 is 0. The Kier molecular flexibility index (Phi) is 5.37. The van der Waals surface area contributed by atoms with Gasteiger partial charge in [-0.25, -0.2) is 4.98 Å². The van der Waals surface area contributed by atoms with Gasteiger partial charge in [-0.15, -0.1) is 0 Å². The van der Waals surface area contributed by atoms with Gasteiger partial charge in [0.2, 0.25) is 11.8 Å². The number of aromatic nitrogens is 1. The number of likely N-dealkylation sites (N-methyl/N-ethyl adjacent to an activating group) is 1. The van der Waals surface area contributed by atoms with E-state index in [-0.39, 0.29) is 11.8 Å². The molecule has 0 atom stereocenters. The lowest BCUT2D eigenvalue weighted by molar-refractivity contribution is -0.125. The monoisotopic (exact) mass is 404 g/mol. The number of carbonyl (C=O) groups is 2. The van der Waals surface area contributed by atoms with E-state index >= 15 is 0 Å². The summed E-state index contributed by atoms with van der Waals surface area (Å²) in [5.41, 5.74) is 10.4. The molecule has 7 nitrogen and oxygen atoms in total. The number of nitrogens with zero attached hydrogens (tertiary/aromatic N) is 2. The number of pyridine rings is 1.